The number of anilines is 1. The minimum atomic E-state index is -0.276. The highest BCUT2D eigenvalue weighted by Crippen LogP contribution is 2.29. The number of rotatable bonds is 8. The van der Waals surface area contributed by atoms with E-state index in [4.69, 9.17) is 23.6 Å². The van der Waals surface area contributed by atoms with Crippen molar-refractivity contribution in [2.45, 2.75) is 30.6 Å². The van der Waals surface area contributed by atoms with Gasteiger partial charge in [0.1, 0.15) is 22.6 Å². The summed E-state index contributed by atoms with van der Waals surface area (Å²) in [5, 5.41) is 4.06. The maximum Gasteiger partial charge on any atom is 0.297 e. The van der Waals surface area contributed by atoms with Crippen molar-refractivity contribution >= 4 is 45.4 Å². The van der Waals surface area contributed by atoms with Gasteiger partial charge in [-0.05, 0) is 25.0 Å². The minimum Gasteiger partial charge on any atom is -0.497 e. The van der Waals surface area contributed by atoms with Crippen LogP contribution in [0.15, 0.2) is 56.8 Å². The standard InChI is InChI=1S/C25H25N3O6S/c1-31-17-10-15(11-18(12-17)32-2)26-21(29)14-35-25-27-22-19-7-3-4-8-20(19)34-23(22)24(30)28(25)13-16-6-5-9-33-16/h3-4,7-8,10-12,16H,5-6,9,13-14H2,1-2H3,(H,26,29). The molecule has 4 aromatic rings. The van der Waals surface area contributed by atoms with Gasteiger partial charge in [0.15, 0.2) is 5.16 Å². The molecule has 2 aromatic carbocycles. The van der Waals surface area contributed by atoms with Crippen molar-refractivity contribution in [1.29, 1.82) is 0 Å². The zero-order valence-electron chi connectivity index (χ0n) is 19.4. The lowest BCUT2D eigenvalue weighted by Crippen LogP contribution is -2.29. The molecule has 35 heavy (non-hydrogen) atoms. The lowest BCUT2D eigenvalue weighted by Gasteiger charge is -2.15. The van der Waals surface area contributed by atoms with E-state index in [0.717, 1.165) is 18.2 Å². The molecule has 1 unspecified atom stereocenters. The summed E-state index contributed by atoms with van der Waals surface area (Å²) in [6.45, 7) is 1.03. The van der Waals surface area contributed by atoms with E-state index in [1.807, 2.05) is 24.3 Å². The summed E-state index contributed by atoms with van der Waals surface area (Å²) in [5.41, 5.74) is 1.58. The fraction of sp³-hybridized carbons (Fsp3) is 0.320. The molecule has 3 heterocycles. The van der Waals surface area contributed by atoms with Crippen molar-refractivity contribution in [2.75, 3.05) is 31.9 Å². The van der Waals surface area contributed by atoms with E-state index in [9.17, 15) is 9.59 Å². The number of benzene rings is 2. The molecular formula is C25H25N3O6S. The molecule has 2 aromatic heterocycles. The van der Waals surface area contributed by atoms with E-state index in [-0.39, 0.29) is 28.9 Å². The van der Waals surface area contributed by atoms with Gasteiger partial charge in [-0.1, -0.05) is 23.9 Å². The first-order chi connectivity index (χ1) is 17.1. The summed E-state index contributed by atoms with van der Waals surface area (Å²) >= 11 is 1.20. The molecule has 1 aliphatic rings. The number of thioether (sulfide) groups is 1. The van der Waals surface area contributed by atoms with Crippen molar-refractivity contribution in [2.24, 2.45) is 0 Å². The predicted molar refractivity (Wildman–Crippen MR) is 134 cm³/mol. The molecule has 1 N–H and O–H groups in total. The predicted octanol–water partition coefficient (Wildman–Crippen LogP) is 4.07. The van der Waals surface area contributed by atoms with Crippen LogP contribution in [0.1, 0.15) is 12.8 Å². The number of carbonyl (C=O) groups excluding carboxylic acids is 1. The molecule has 1 amide bonds. The fourth-order valence-corrected chi connectivity index (χ4v) is 4.92. The molecule has 5 rings (SSSR count). The van der Waals surface area contributed by atoms with Crippen LogP contribution in [0.25, 0.3) is 22.1 Å². The third-order valence-corrected chi connectivity index (χ3v) is 6.80. The van der Waals surface area contributed by atoms with Crippen molar-refractivity contribution < 1.29 is 23.4 Å². The lowest BCUT2D eigenvalue weighted by molar-refractivity contribution is -0.113. The van der Waals surface area contributed by atoms with Crippen LogP contribution in [-0.2, 0) is 16.1 Å². The largest absolute Gasteiger partial charge is 0.497 e. The van der Waals surface area contributed by atoms with Gasteiger partial charge in [0, 0.05) is 35.9 Å². The smallest absolute Gasteiger partial charge is 0.297 e. The molecule has 1 atom stereocenters. The van der Waals surface area contributed by atoms with E-state index in [0.29, 0.717) is 46.6 Å². The quantitative estimate of drug-likeness (QED) is 0.288. The van der Waals surface area contributed by atoms with Crippen LogP contribution < -0.4 is 20.3 Å². The highest BCUT2D eigenvalue weighted by Gasteiger charge is 2.23. The Morgan fingerprint density at radius 1 is 1.20 bits per heavy atom. The van der Waals surface area contributed by atoms with Gasteiger partial charge in [0.25, 0.3) is 5.56 Å². The van der Waals surface area contributed by atoms with Crippen LogP contribution >= 0.6 is 11.8 Å². The van der Waals surface area contributed by atoms with Crippen LogP contribution in [-0.4, -0.2) is 48.1 Å². The van der Waals surface area contributed by atoms with Crippen molar-refractivity contribution in [3.05, 3.63) is 52.8 Å². The van der Waals surface area contributed by atoms with Gasteiger partial charge in [-0.15, -0.1) is 0 Å². The van der Waals surface area contributed by atoms with Gasteiger partial charge >= 0.3 is 0 Å². The highest BCUT2D eigenvalue weighted by molar-refractivity contribution is 7.99. The first kappa shape index (κ1) is 23.3. The zero-order chi connectivity index (χ0) is 24.4. The zero-order valence-corrected chi connectivity index (χ0v) is 20.2. The normalized spacial score (nSPS) is 15.5. The Balaban J connectivity index is 1.43. The molecule has 0 saturated carbocycles. The molecule has 1 aliphatic heterocycles. The number of hydrogen-bond donors (Lipinski definition) is 1. The van der Waals surface area contributed by atoms with E-state index in [1.54, 1.807) is 37.0 Å². The molecule has 1 fully saturated rings. The van der Waals surface area contributed by atoms with Crippen molar-refractivity contribution in [1.82, 2.24) is 9.55 Å². The summed E-state index contributed by atoms with van der Waals surface area (Å²) in [6, 6.07) is 12.5. The number of ether oxygens (including phenoxy) is 3. The Bertz CT molecular complexity index is 1420. The summed E-state index contributed by atoms with van der Waals surface area (Å²) in [5.74, 6) is 0.937. The van der Waals surface area contributed by atoms with Gasteiger partial charge < -0.3 is 23.9 Å². The Morgan fingerprint density at radius 3 is 2.69 bits per heavy atom. The molecule has 0 spiro atoms. The summed E-state index contributed by atoms with van der Waals surface area (Å²) in [4.78, 5) is 31.0. The van der Waals surface area contributed by atoms with Gasteiger partial charge in [-0.3, -0.25) is 14.2 Å². The Labute approximate surface area is 205 Å². The molecule has 182 valence electrons. The van der Waals surface area contributed by atoms with Gasteiger partial charge in [0.2, 0.25) is 11.5 Å². The molecule has 0 radical (unpaired) electrons. The Morgan fingerprint density at radius 2 is 1.97 bits per heavy atom. The summed E-state index contributed by atoms with van der Waals surface area (Å²) < 4.78 is 23.7. The minimum absolute atomic E-state index is 0.0543. The molecular weight excluding hydrogens is 470 g/mol. The van der Waals surface area contributed by atoms with Gasteiger partial charge in [-0.25, -0.2) is 4.98 Å². The Kier molecular flexibility index (Phi) is 6.65. The third-order valence-electron chi connectivity index (χ3n) is 5.82. The monoisotopic (exact) mass is 495 g/mol. The molecule has 1 saturated heterocycles. The van der Waals surface area contributed by atoms with Gasteiger partial charge in [0.05, 0.1) is 32.6 Å². The number of methoxy groups -OCH3 is 2. The SMILES string of the molecule is COc1cc(NC(=O)CSc2nc3c(oc4ccccc43)c(=O)n2CC2CCCO2)cc(OC)c1. The Hall–Kier alpha value is -3.50. The van der Waals surface area contributed by atoms with E-state index in [2.05, 4.69) is 5.32 Å². The average Bonchev–Trinajstić information content (AvgIpc) is 3.52. The molecule has 9 nitrogen and oxygen atoms in total. The number of fused-ring (bicyclic) bond motifs is 3. The van der Waals surface area contributed by atoms with Crippen molar-refractivity contribution in [3.8, 4) is 11.5 Å². The number of aromatic nitrogens is 2. The number of hydrogen-bond acceptors (Lipinski definition) is 8. The van der Waals surface area contributed by atoms with E-state index < -0.39 is 0 Å². The first-order valence-corrected chi connectivity index (χ1v) is 12.2. The maximum absolute atomic E-state index is 13.4. The number of furan rings is 1. The number of nitrogens with zero attached hydrogens (tertiary/aromatic N) is 2. The number of nitrogens with one attached hydrogen (secondary N) is 1. The van der Waals surface area contributed by atoms with Crippen LogP contribution in [0.2, 0.25) is 0 Å². The number of carbonyl (C=O) groups is 1. The fourth-order valence-electron chi connectivity index (χ4n) is 4.12. The van der Waals surface area contributed by atoms with Crippen LogP contribution in [0.5, 0.6) is 11.5 Å². The molecule has 10 heteroatoms. The highest BCUT2D eigenvalue weighted by atomic mass is 32.2. The van der Waals surface area contributed by atoms with Crippen LogP contribution in [0, 0.1) is 0 Å². The number of amides is 1. The second-order valence-electron chi connectivity index (χ2n) is 8.16. The van der Waals surface area contributed by atoms with Crippen LogP contribution in [0.3, 0.4) is 0 Å². The second kappa shape index (κ2) is 10.0. The second-order valence-corrected chi connectivity index (χ2v) is 9.10. The first-order valence-electron chi connectivity index (χ1n) is 11.2. The summed E-state index contributed by atoms with van der Waals surface area (Å²) in [7, 11) is 3.09. The average molecular weight is 496 g/mol. The van der Waals surface area contributed by atoms with Crippen molar-refractivity contribution in [3.63, 3.8) is 0 Å². The number of para-hydroxylation sites is 1. The van der Waals surface area contributed by atoms with Crippen LogP contribution in [0.4, 0.5) is 5.69 Å². The maximum atomic E-state index is 13.4. The van der Waals surface area contributed by atoms with Gasteiger partial charge in [-0.2, -0.15) is 0 Å². The molecule has 0 bridgehead atoms. The third kappa shape index (κ3) is 4.85. The van der Waals surface area contributed by atoms with E-state index in [1.165, 1.54) is 11.8 Å². The van der Waals surface area contributed by atoms with E-state index >= 15 is 0 Å². The summed E-state index contributed by atoms with van der Waals surface area (Å²) in [6.07, 6.45) is 1.75. The lowest BCUT2D eigenvalue weighted by atomic mass is 10.2. The molecule has 0 aliphatic carbocycles. The topological polar surface area (TPSA) is 105 Å².